The minimum Gasteiger partial charge on any atom is -0.383 e. The van der Waals surface area contributed by atoms with Gasteiger partial charge in [0.05, 0.1) is 10.6 Å². The number of hydrogen-bond acceptors (Lipinski definition) is 3. The maximum Gasteiger partial charge on any atom is 0.501 e. The molecule has 1 aromatic carbocycles. The average Bonchev–Trinajstić information content (AvgIpc) is 2.83. The van der Waals surface area contributed by atoms with Crippen LogP contribution in [-0.4, -0.2) is 20.5 Å². The molecule has 0 atom stereocenters. The number of hydrogen-bond donors (Lipinski definition) is 1. The Balaban J connectivity index is 2.26. The Bertz CT molecular complexity index is 605. The third kappa shape index (κ3) is 3.33. The highest BCUT2D eigenvalue weighted by Gasteiger charge is 2.48. The van der Waals surface area contributed by atoms with Crippen molar-refractivity contribution >= 4 is 15.5 Å². The van der Waals surface area contributed by atoms with E-state index in [1.807, 2.05) is 0 Å². The van der Waals surface area contributed by atoms with Crippen molar-refractivity contribution in [3.05, 3.63) is 24.3 Å². The van der Waals surface area contributed by atoms with Crippen LogP contribution in [0.25, 0.3) is 0 Å². The van der Waals surface area contributed by atoms with Crippen molar-refractivity contribution in [2.45, 2.75) is 43.0 Å². The summed E-state index contributed by atoms with van der Waals surface area (Å²) in [6.07, 6.45) is 4.18. The molecule has 0 radical (unpaired) electrons. The molecule has 3 nitrogen and oxygen atoms in total. The van der Waals surface area contributed by atoms with E-state index in [4.69, 9.17) is 0 Å². The zero-order valence-electron chi connectivity index (χ0n) is 11.7. The van der Waals surface area contributed by atoms with Gasteiger partial charge in [-0.3, -0.25) is 0 Å². The van der Waals surface area contributed by atoms with E-state index in [0.29, 0.717) is 6.54 Å². The van der Waals surface area contributed by atoms with Crippen molar-refractivity contribution in [3.63, 3.8) is 0 Å². The lowest BCUT2D eigenvalue weighted by Crippen LogP contribution is -2.27. The lowest BCUT2D eigenvalue weighted by atomic mass is 9.89. The van der Waals surface area contributed by atoms with Crippen molar-refractivity contribution in [1.29, 1.82) is 0 Å². The van der Waals surface area contributed by atoms with Crippen LogP contribution in [0.4, 0.5) is 18.9 Å². The third-order valence-electron chi connectivity index (χ3n) is 4.00. The van der Waals surface area contributed by atoms with Gasteiger partial charge in [0.15, 0.2) is 0 Å². The van der Waals surface area contributed by atoms with Crippen LogP contribution in [-0.2, 0) is 9.84 Å². The molecule has 0 heterocycles. The molecule has 2 rings (SSSR count). The number of rotatable bonds is 4. The summed E-state index contributed by atoms with van der Waals surface area (Å²) >= 11 is 0. The number of sulfone groups is 1. The summed E-state index contributed by atoms with van der Waals surface area (Å²) in [5.41, 5.74) is -5.26. The molecular formula is C14H18F3NO2S. The van der Waals surface area contributed by atoms with Crippen molar-refractivity contribution < 1.29 is 21.6 Å². The van der Waals surface area contributed by atoms with Gasteiger partial charge in [0.2, 0.25) is 0 Å². The second-order valence-electron chi connectivity index (χ2n) is 5.82. The molecule has 0 amide bonds. The summed E-state index contributed by atoms with van der Waals surface area (Å²) in [6.45, 7) is 2.53. The fraction of sp³-hybridized carbons (Fsp3) is 0.571. The van der Waals surface area contributed by atoms with Crippen LogP contribution >= 0.6 is 0 Å². The quantitative estimate of drug-likeness (QED) is 0.912. The first-order valence-electron chi connectivity index (χ1n) is 6.80. The fourth-order valence-corrected chi connectivity index (χ4v) is 3.62. The summed E-state index contributed by atoms with van der Waals surface area (Å²) in [6, 6.07) is 5.18. The van der Waals surface area contributed by atoms with E-state index < -0.39 is 20.2 Å². The van der Waals surface area contributed by atoms with E-state index >= 15 is 0 Å². The third-order valence-corrected chi connectivity index (χ3v) is 5.54. The minimum atomic E-state index is -5.34. The lowest BCUT2D eigenvalue weighted by molar-refractivity contribution is -0.0435. The second kappa shape index (κ2) is 5.51. The molecule has 0 aliphatic heterocycles. The summed E-state index contributed by atoms with van der Waals surface area (Å²) in [5.74, 6) is 0. The first-order chi connectivity index (χ1) is 9.66. The van der Waals surface area contributed by atoms with Gasteiger partial charge in [-0.25, -0.2) is 8.42 Å². The summed E-state index contributed by atoms with van der Waals surface area (Å²) in [7, 11) is -5.34. The van der Waals surface area contributed by atoms with Crippen LogP contribution in [0.15, 0.2) is 29.2 Å². The van der Waals surface area contributed by atoms with Crippen molar-refractivity contribution in [3.8, 4) is 0 Å². The number of anilines is 1. The molecule has 1 saturated carbocycles. The van der Waals surface area contributed by atoms with Crippen LogP contribution in [0.5, 0.6) is 0 Å². The molecule has 1 fully saturated rings. The fourth-order valence-electron chi connectivity index (χ4n) is 2.69. The van der Waals surface area contributed by atoms with Gasteiger partial charge in [-0.1, -0.05) is 31.9 Å². The van der Waals surface area contributed by atoms with Crippen LogP contribution in [0, 0.1) is 5.41 Å². The Morgan fingerprint density at radius 3 is 2.33 bits per heavy atom. The molecule has 1 aliphatic rings. The van der Waals surface area contributed by atoms with Crippen LogP contribution in [0.1, 0.15) is 32.6 Å². The van der Waals surface area contributed by atoms with Gasteiger partial charge in [0.1, 0.15) is 0 Å². The van der Waals surface area contributed by atoms with E-state index in [9.17, 15) is 21.6 Å². The molecule has 1 aromatic rings. The van der Waals surface area contributed by atoms with E-state index in [2.05, 4.69) is 12.2 Å². The largest absolute Gasteiger partial charge is 0.501 e. The Morgan fingerprint density at radius 1 is 1.19 bits per heavy atom. The zero-order chi connectivity index (χ0) is 15.7. The van der Waals surface area contributed by atoms with Gasteiger partial charge in [-0.2, -0.15) is 13.2 Å². The molecule has 7 heteroatoms. The monoisotopic (exact) mass is 321 g/mol. The molecule has 0 saturated heterocycles. The first-order valence-corrected chi connectivity index (χ1v) is 8.28. The predicted octanol–water partition coefficient (Wildman–Crippen LogP) is 3.97. The van der Waals surface area contributed by atoms with E-state index in [0.717, 1.165) is 31.7 Å². The molecule has 0 unspecified atom stereocenters. The van der Waals surface area contributed by atoms with E-state index in [-0.39, 0.29) is 11.1 Å². The SMILES string of the molecule is CC1(CNc2ccccc2S(=O)(=O)C(F)(F)F)CCCC1. The van der Waals surface area contributed by atoms with Crippen molar-refractivity contribution in [1.82, 2.24) is 0 Å². The van der Waals surface area contributed by atoms with Gasteiger partial charge in [-0.15, -0.1) is 0 Å². The molecule has 1 aliphatic carbocycles. The normalized spacial score (nSPS) is 18.7. The minimum absolute atomic E-state index is 0.00903. The van der Waals surface area contributed by atoms with Crippen LogP contribution in [0.3, 0.4) is 0 Å². The number of halogens is 3. The Morgan fingerprint density at radius 2 is 1.76 bits per heavy atom. The molecule has 0 aromatic heterocycles. The van der Waals surface area contributed by atoms with E-state index in [1.54, 1.807) is 0 Å². The lowest BCUT2D eigenvalue weighted by Gasteiger charge is -2.25. The second-order valence-corrected chi connectivity index (χ2v) is 7.73. The highest BCUT2D eigenvalue weighted by Crippen LogP contribution is 2.39. The number of alkyl halides is 3. The van der Waals surface area contributed by atoms with Gasteiger partial charge in [-0.05, 0) is 30.4 Å². The number of para-hydroxylation sites is 1. The van der Waals surface area contributed by atoms with Gasteiger partial charge in [0, 0.05) is 6.54 Å². The Hall–Kier alpha value is -1.24. The predicted molar refractivity (Wildman–Crippen MR) is 74.7 cm³/mol. The number of nitrogens with one attached hydrogen (secondary N) is 1. The molecule has 0 spiro atoms. The Labute approximate surface area is 122 Å². The molecule has 0 bridgehead atoms. The average molecular weight is 321 g/mol. The van der Waals surface area contributed by atoms with Gasteiger partial charge in [0.25, 0.3) is 9.84 Å². The smallest absolute Gasteiger partial charge is 0.383 e. The molecule has 21 heavy (non-hydrogen) atoms. The summed E-state index contributed by atoms with van der Waals surface area (Å²) in [4.78, 5) is -0.709. The topological polar surface area (TPSA) is 46.2 Å². The van der Waals surface area contributed by atoms with E-state index in [1.165, 1.54) is 18.2 Å². The van der Waals surface area contributed by atoms with Gasteiger partial charge < -0.3 is 5.32 Å². The number of benzene rings is 1. The highest BCUT2D eigenvalue weighted by molar-refractivity contribution is 7.92. The van der Waals surface area contributed by atoms with Crippen LogP contribution in [0.2, 0.25) is 0 Å². The maximum atomic E-state index is 12.7. The van der Waals surface area contributed by atoms with Gasteiger partial charge >= 0.3 is 5.51 Å². The summed E-state index contributed by atoms with van der Waals surface area (Å²) < 4.78 is 61.3. The maximum absolute atomic E-state index is 12.7. The first kappa shape index (κ1) is 16.1. The highest BCUT2D eigenvalue weighted by atomic mass is 32.2. The van der Waals surface area contributed by atoms with Crippen LogP contribution < -0.4 is 5.32 Å². The van der Waals surface area contributed by atoms with Crippen molar-refractivity contribution in [2.24, 2.45) is 5.41 Å². The molecule has 118 valence electrons. The molecular weight excluding hydrogens is 303 g/mol. The zero-order valence-corrected chi connectivity index (χ0v) is 12.5. The summed E-state index contributed by atoms with van der Waals surface area (Å²) in [5, 5.41) is 2.89. The Kier molecular flexibility index (Phi) is 4.24. The standard InChI is InChI=1S/C14H18F3NO2S/c1-13(8-4-5-9-13)10-18-11-6-2-3-7-12(11)21(19,20)14(15,16)17/h2-3,6-7,18H,4-5,8-10H2,1H3. The van der Waals surface area contributed by atoms with Crippen molar-refractivity contribution in [2.75, 3.05) is 11.9 Å². The molecule has 1 N–H and O–H groups in total.